The Balaban J connectivity index is 1.62. The Bertz CT molecular complexity index is 663. The van der Waals surface area contributed by atoms with E-state index in [0.29, 0.717) is 18.3 Å². The minimum absolute atomic E-state index is 0.469. The quantitative estimate of drug-likeness (QED) is 0.787. The molecule has 3 rings (SSSR count). The molecular weight excluding hydrogens is 302 g/mol. The number of hydrogen-bond donors (Lipinski definition) is 2. The first-order valence-electron chi connectivity index (χ1n) is 8.09. The van der Waals surface area contributed by atoms with E-state index in [-0.39, 0.29) is 0 Å². The average molecular weight is 325 g/mol. The summed E-state index contributed by atoms with van der Waals surface area (Å²) in [6.07, 6.45) is 3.36. The molecule has 1 aliphatic rings. The zero-order valence-electron chi connectivity index (χ0n) is 13.9. The summed E-state index contributed by atoms with van der Waals surface area (Å²) in [5.41, 5.74) is 2.18. The third-order valence-corrected chi connectivity index (χ3v) is 3.98. The summed E-state index contributed by atoms with van der Waals surface area (Å²) in [6.45, 7) is 8.63. The number of aromatic nitrogens is 3. The van der Waals surface area contributed by atoms with E-state index in [1.807, 2.05) is 12.1 Å². The van der Waals surface area contributed by atoms with Crippen LogP contribution in [0.5, 0.6) is 0 Å². The molecule has 7 nitrogen and oxygen atoms in total. The molecule has 1 fully saturated rings. The van der Waals surface area contributed by atoms with Crippen LogP contribution >= 0.6 is 0 Å². The zero-order valence-corrected chi connectivity index (χ0v) is 13.9. The van der Waals surface area contributed by atoms with E-state index in [1.165, 1.54) is 5.69 Å². The number of piperazine rings is 1. The topological polar surface area (TPSA) is 69.2 Å². The van der Waals surface area contributed by atoms with Crippen molar-refractivity contribution in [2.24, 2.45) is 0 Å². The predicted molar refractivity (Wildman–Crippen MR) is 97.9 cm³/mol. The molecule has 0 amide bonds. The molecule has 2 aromatic rings. The smallest absolute Gasteiger partial charge is 0.249 e. The average Bonchev–Trinajstić information content (AvgIpc) is 2.62. The normalized spacial score (nSPS) is 15.1. The molecule has 24 heavy (non-hydrogen) atoms. The molecule has 0 atom stereocenters. The lowest BCUT2D eigenvalue weighted by Crippen LogP contribution is -2.44. The van der Waals surface area contributed by atoms with Crippen molar-refractivity contribution in [3.8, 4) is 0 Å². The first kappa shape index (κ1) is 16.2. The van der Waals surface area contributed by atoms with Gasteiger partial charge in [0.25, 0.3) is 0 Å². The number of anilines is 4. The lowest BCUT2D eigenvalue weighted by molar-refractivity contribution is 0.313. The van der Waals surface area contributed by atoms with Gasteiger partial charge in [-0.1, -0.05) is 6.08 Å². The van der Waals surface area contributed by atoms with Gasteiger partial charge in [-0.15, -0.1) is 11.7 Å². The van der Waals surface area contributed by atoms with E-state index >= 15 is 0 Å². The van der Waals surface area contributed by atoms with Gasteiger partial charge in [0, 0.05) is 44.1 Å². The fourth-order valence-corrected chi connectivity index (χ4v) is 2.57. The number of nitrogens with one attached hydrogen (secondary N) is 2. The van der Waals surface area contributed by atoms with E-state index < -0.39 is 0 Å². The fraction of sp³-hybridized carbons (Fsp3) is 0.353. The summed E-state index contributed by atoms with van der Waals surface area (Å²) in [7, 11) is 2.16. The van der Waals surface area contributed by atoms with Gasteiger partial charge in [-0.25, -0.2) is 0 Å². The van der Waals surface area contributed by atoms with Crippen LogP contribution in [0.25, 0.3) is 0 Å². The lowest BCUT2D eigenvalue weighted by atomic mass is 10.2. The minimum atomic E-state index is 0.469. The highest BCUT2D eigenvalue weighted by molar-refractivity contribution is 5.59. The van der Waals surface area contributed by atoms with Crippen molar-refractivity contribution >= 4 is 23.1 Å². The first-order chi connectivity index (χ1) is 11.7. The van der Waals surface area contributed by atoms with Crippen molar-refractivity contribution in [1.29, 1.82) is 0 Å². The molecule has 0 unspecified atom stereocenters. The van der Waals surface area contributed by atoms with Gasteiger partial charge in [0.05, 0.1) is 6.20 Å². The molecule has 0 radical (unpaired) electrons. The Morgan fingerprint density at radius 1 is 1.17 bits per heavy atom. The SMILES string of the molecule is C=CCNc1cnnc(Nc2ccc(N3CCN(C)CC3)cc2)n1. The molecule has 1 aromatic heterocycles. The fourth-order valence-electron chi connectivity index (χ4n) is 2.57. The number of likely N-dealkylation sites (N-methyl/N-ethyl adjacent to an activating group) is 1. The summed E-state index contributed by atoms with van der Waals surface area (Å²) in [4.78, 5) is 9.12. The molecule has 0 aliphatic carbocycles. The highest BCUT2D eigenvalue weighted by atomic mass is 15.3. The second-order valence-electron chi connectivity index (χ2n) is 5.80. The Morgan fingerprint density at radius 3 is 2.62 bits per heavy atom. The maximum absolute atomic E-state index is 4.37. The highest BCUT2D eigenvalue weighted by Crippen LogP contribution is 2.21. The van der Waals surface area contributed by atoms with Gasteiger partial charge in [-0.3, -0.25) is 0 Å². The van der Waals surface area contributed by atoms with Crippen LogP contribution in [0.1, 0.15) is 0 Å². The number of benzene rings is 1. The standard InChI is InChI=1S/C17H23N7/c1-3-8-18-16-13-19-22-17(21-16)20-14-4-6-15(7-5-14)24-11-9-23(2)10-12-24/h3-7,13H,1,8-12H2,2H3,(H2,18,20,21,22). The molecule has 0 bridgehead atoms. The largest absolute Gasteiger partial charge is 0.369 e. The molecule has 1 aliphatic heterocycles. The van der Waals surface area contributed by atoms with Gasteiger partial charge < -0.3 is 20.4 Å². The number of hydrogen-bond acceptors (Lipinski definition) is 7. The Hall–Kier alpha value is -2.67. The summed E-state index contributed by atoms with van der Waals surface area (Å²) in [6, 6.07) is 8.34. The molecular formula is C17H23N7. The van der Waals surface area contributed by atoms with Crippen molar-refractivity contribution in [1.82, 2.24) is 20.1 Å². The highest BCUT2D eigenvalue weighted by Gasteiger charge is 2.14. The van der Waals surface area contributed by atoms with Crippen LogP contribution in [0, 0.1) is 0 Å². The van der Waals surface area contributed by atoms with Crippen molar-refractivity contribution in [3.63, 3.8) is 0 Å². The zero-order chi connectivity index (χ0) is 16.8. The van der Waals surface area contributed by atoms with Crippen LogP contribution in [0.2, 0.25) is 0 Å². The van der Waals surface area contributed by atoms with Crippen LogP contribution in [0.4, 0.5) is 23.1 Å². The second-order valence-corrected chi connectivity index (χ2v) is 5.80. The Labute approximate surface area is 142 Å². The molecule has 1 saturated heterocycles. The molecule has 2 heterocycles. The van der Waals surface area contributed by atoms with E-state index in [4.69, 9.17) is 0 Å². The predicted octanol–water partition coefficient (Wildman–Crippen LogP) is 1.96. The molecule has 0 saturated carbocycles. The summed E-state index contributed by atoms with van der Waals surface area (Å²) in [5.74, 6) is 1.14. The van der Waals surface area contributed by atoms with E-state index in [2.05, 4.69) is 61.4 Å². The third-order valence-electron chi connectivity index (χ3n) is 3.98. The van der Waals surface area contributed by atoms with Gasteiger partial charge in [-0.2, -0.15) is 10.1 Å². The first-order valence-corrected chi connectivity index (χ1v) is 8.09. The molecule has 2 N–H and O–H groups in total. The maximum Gasteiger partial charge on any atom is 0.249 e. The summed E-state index contributed by atoms with van der Waals surface area (Å²) < 4.78 is 0. The van der Waals surface area contributed by atoms with E-state index in [1.54, 1.807) is 12.3 Å². The van der Waals surface area contributed by atoms with Gasteiger partial charge in [0.15, 0.2) is 5.82 Å². The van der Waals surface area contributed by atoms with Crippen LogP contribution < -0.4 is 15.5 Å². The van der Waals surface area contributed by atoms with Crippen LogP contribution in [-0.4, -0.2) is 59.9 Å². The van der Waals surface area contributed by atoms with Crippen molar-refractivity contribution < 1.29 is 0 Å². The second kappa shape index (κ2) is 7.74. The molecule has 1 aromatic carbocycles. The van der Waals surface area contributed by atoms with Gasteiger partial charge in [-0.05, 0) is 31.3 Å². The lowest BCUT2D eigenvalue weighted by Gasteiger charge is -2.34. The number of rotatable bonds is 6. The molecule has 0 spiro atoms. The summed E-state index contributed by atoms with van der Waals surface area (Å²) in [5, 5.41) is 14.2. The number of nitrogens with zero attached hydrogens (tertiary/aromatic N) is 5. The van der Waals surface area contributed by atoms with Gasteiger partial charge in [0.1, 0.15) is 0 Å². The van der Waals surface area contributed by atoms with Crippen molar-refractivity contribution in [3.05, 3.63) is 43.1 Å². The monoisotopic (exact) mass is 325 g/mol. The van der Waals surface area contributed by atoms with E-state index in [9.17, 15) is 0 Å². The van der Waals surface area contributed by atoms with E-state index in [0.717, 1.165) is 31.9 Å². The summed E-state index contributed by atoms with van der Waals surface area (Å²) >= 11 is 0. The maximum atomic E-state index is 4.37. The van der Waals surface area contributed by atoms with Crippen molar-refractivity contribution in [2.75, 3.05) is 55.3 Å². The van der Waals surface area contributed by atoms with Crippen LogP contribution in [0.15, 0.2) is 43.1 Å². The van der Waals surface area contributed by atoms with Gasteiger partial charge >= 0.3 is 0 Å². The Morgan fingerprint density at radius 2 is 1.92 bits per heavy atom. The molecule has 126 valence electrons. The van der Waals surface area contributed by atoms with Crippen molar-refractivity contribution in [2.45, 2.75) is 0 Å². The van der Waals surface area contributed by atoms with Crippen LogP contribution in [0.3, 0.4) is 0 Å². The van der Waals surface area contributed by atoms with Gasteiger partial charge in [0.2, 0.25) is 5.95 Å². The Kier molecular flexibility index (Phi) is 5.22. The third kappa shape index (κ3) is 4.20. The minimum Gasteiger partial charge on any atom is -0.369 e. The van der Waals surface area contributed by atoms with Crippen LogP contribution in [-0.2, 0) is 0 Å². The molecule has 7 heteroatoms.